The normalized spacial score (nSPS) is 11.3. The second-order valence-electron chi connectivity index (χ2n) is 4.14. The van der Waals surface area contributed by atoms with Crippen LogP contribution in [0.4, 0.5) is 0 Å². The summed E-state index contributed by atoms with van der Waals surface area (Å²) in [5.74, 6) is 0.361. The summed E-state index contributed by atoms with van der Waals surface area (Å²) < 4.78 is 0. The number of nitrogens with zero attached hydrogens (tertiary/aromatic N) is 1. The van der Waals surface area contributed by atoms with Crippen LogP contribution in [0.25, 0.3) is 0 Å². The van der Waals surface area contributed by atoms with E-state index in [0.717, 1.165) is 16.7 Å². The summed E-state index contributed by atoms with van der Waals surface area (Å²) in [4.78, 5) is 5.23. The number of hydrogen-bond acceptors (Lipinski definition) is 3. The number of benzene rings is 2. The Labute approximate surface area is 112 Å². The van der Waals surface area contributed by atoms with Crippen molar-refractivity contribution in [3.05, 3.63) is 71.3 Å². The van der Waals surface area contributed by atoms with Crippen LogP contribution in [-0.4, -0.2) is 5.84 Å². The molecule has 0 heterocycles. The van der Waals surface area contributed by atoms with Crippen LogP contribution in [0.15, 0.2) is 59.8 Å². The van der Waals surface area contributed by atoms with Gasteiger partial charge in [0.1, 0.15) is 6.61 Å². The number of amidine groups is 1. The summed E-state index contributed by atoms with van der Waals surface area (Å²) in [7, 11) is 0. The van der Waals surface area contributed by atoms with Gasteiger partial charge in [0.05, 0.1) is 0 Å². The zero-order valence-electron chi connectivity index (χ0n) is 10.6. The molecule has 0 aliphatic rings. The average molecular weight is 255 g/mol. The molecule has 0 spiro atoms. The van der Waals surface area contributed by atoms with Crippen LogP contribution in [-0.2, 0) is 18.0 Å². The molecule has 0 saturated carbocycles. The Kier molecular flexibility index (Phi) is 4.53. The molecule has 0 atom stereocenters. The number of nitrogens with two attached hydrogens (primary N) is 2. The molecular formula is C15H17N3O. The monoisotopic (exact) mass is 255 g/mol. The first-order valence-electron chi connectivity index (χ1n) is 6.08. The second kappa shape index (κ2) is 6.56. The minimum absolute atomic E-state index is 0.361. The molecule has 0 amide bonds. The van der Waals surface area contributed by atoms with E-state index in [1.54, 1.807) is 0 Å². The minimum atomic E-state index is 0.361. The summed E-state index contributed by atoms with van der Waals surface area (Å²) >= 11 is 0. The van der Waals surface area contributed by atoms with Gasteiger partial charge in [-0.25, -0.2) is 0 Å². The first-order valence-corrected chi connectivity index (χ1v) is 6.08. The van der Waals surface area contributed by atoms with Gasteiger partial charge in [-0.2, -0.15) is 0 Å². The van der Waals surface area contributed by atoms with Crippen molar-refractivity contribution in [2.45, 2.75) is 13.2 Å². The van der Waals surface area contributed by atoms with E-state index in [1.807, 2.05) is 54.6 Å². The topological polar surface area (TPSA) is 73.6 Å². The van der Waals surface area contributed by atoms with E-state index in [2.05, 4.69) is 5.16 Å². The fourth-order valence-corrected chi connectivity index (χ4v) is 1.61. The van der Waals surface area contributed by atoms with Crippen LogP contribution in [0.2, 0.25) is 0 Å². The highest BCUT2D eigenvalue weighted by molar-refractivity contribution is 5.97. The molecule has 2 aromatic carbocycles. The molecule has 19 heavy (non-hydrogen) atoms. The standard InChI is InChI=1S/C15H17N3O/c16-10-12-6-8-14(9-7-12)15(17)18-19-11-13-4-2-1-3-5-13/h1-9H,10-11,16H2,(H2,17,18). The van der Waals surface area contributed by atoms with Crippen molar-refractivity contribution >= 4 is 5.84 Å². The molecule has 0 aliphatic heterocycles. The molecule has 4 N–H and O–H groups in total. The molecule has 0 radical (unpaired) electrons. The lowest BCUT2D eigenvalue weighted by Crippen LogP contribution is -2.14. The molecule has 0 aromatic heterocycles. The van der Waals surface area contributed by atoms with Gasteiger partial charge in [-0.15, -0.1) is 0 Å². The molecule has 0 bridgehead atoms. The number of hydrogen-bond donors (Lipinski definition) is 2. The van der Waals surface area contributed by atoms with Crippen molar-refractivity contribution < 1.29 is 4.84 Å². The third-order valence-corrected chi connectivity index (χ3v) is 2.72. The molecule has 0 fully saturated rings. The van der Waals surface area contributed by atoms with Gasteiger partial charge < -0.3 is 16.3 Å². The zero-order valence-corrected chi connectivity index (χ0v) is 10.6. The Morgan fingerprint density at radius 2 is 1.63 bits per heavy atom. The first-order chi connectivity index (χ1) is 9.29. The van der Waals surface area contributed by atoms with E-state index in [0.29, 0.717) is 19.0 Å². The lowest BCUT2D eigenvalue weighted by atomic mass is 10.1. The van der Waals surface area contributed by atoms with Crippen LogP contribution in [0.1, 0.15) is 16.7 Å². The van der Waals surface area contributed by atoms with E-state index in [9.17, 15) is 0 Å². The van der Waals surface area contributed by atoms with Gasteiger partial charge in [0.25, 0.3) is 0 Å². The molecule has 2 aromatic rings. The van der Waals surface area contributed by atoms with Crippen LogP contribution in [0, 0.1) is 0 Å². The summed E-state index contributed by atoms with van der Waals surface area (Å²) in [6.45, 7) is 0.921. The van der Waals surface area contributed by atoms with Crippen molar-refractivity contribution in [2.24, 2.45) is 16.6 Å². The lowest BCUT2D eigenvalue weighted by Gasteiger charge is -2.03. The molecular weight excluding hydrogens is 238 g/mol. The van der Waals surface area contributed by atoms with E-state index in [-0.39, 0.29) is 0 Å². The third kappa shape index (κ3) is 3.82. The maximum Gasteiger partial charge on any atom is 0.170 e. The Morgan fingerprint density at radius 3 is 2.26 bits per heavy atom. The minimum Gasteiger partial charge on any atom is -0.389 e. The highest BCUT2D eigenvalue weighted by atomic mass is 16.6. The van der Waals surface area contributed by atoms with Crippen molar-refractivity contribution in [1.82, 2.24) is 0 Å². The fraction of sp³-hybridized carbons (Fsp3) is 0.133. The quantitative estimate of drug-likeness (QED) is 0.487. The second-order valence-corrected chi connectivity index (χ2v) is 4.14. The summed E-state index contributed by atoms with van der Waals surface area (Å²) in [5, 5.41) is 3.91. The van der Waals surface area contributed by atoms with Gasteiger partial charge in [0.2, 0.25) is 0 Å². The Hall–Kier alpha value is -2.33. The molecule has 4 nitrogen and oxygen atoms in total. The zero-order chi connectivity index (χ0) is 13.5. The maximum absolute atomic E-state index is 5.84. The SMILES string of the molecule is NCc1ccc(C(N)=NOCc2ccccc2)cc1. The fourth-order valence-electron chi connectivity index (χ4n) is 1.61. The van der Waals surface area contributed by atoms with E-state index < -0.39 is 0 Å². The van der Waals surface area contributed by atoms with Gasteiger partial charge in [0.15, 0.2) is 5.84 Å². The van der Waals surface area contributed by atoms with E-state index >= 15 is 0 Å². The van der Waals surface area contributed by atoms with Crippen molar-refractivity contribution in [3.63, 3.8) is 0 Å². The summed E-state index contributed by atoms with van der Waals surface area (Å²) in [5.41, 5.74) is 14.3. The molecule has 0 saturated heterocycles. The van der Waals surface area contributed by atoms with Crippen molar-refractivity contribution in [1.29, 1.82) is 0 Å². The molecule has 0 aliphatic carbocycles. The third-order valence-electron chi connectivity index (χ3n) is 2.72. The average Bonchev–Trinajstić information content (AvgIpc) is 2.48. The molecule has 2 rings (SSSR count). The van der Waals surface area contributed by atoms with Crippen LogP contribution < -0.4 is 11.5 Å². The van der Waals surface area contributed by atoms with Crippen LogP contribution in [0.5, 0.6) is 0 Å². The first kappa shape index (κ1) is 13.1. The number of rotatable bonds is 5. The number of oxime groups is 1. The van der Waals surface area contributed by atoms with Gasteiger partial charge in [-0.3, -0.25) is 0 Å². The summed E-state index contributed by atoms with van der Waals surface area (Å²) in [6.07, 6.45) is 0. The van der Waals surface area contributed by atoms with Gasteiger partial charge in [-0.1, -0.05) is 59.8 Å². The smallest absolute Gasteiger partial charge is 0.170 e. The highest BCUT2D eigenvalue weighted by Crippen LogP contribution is 2.05. The lowest BCUT2D eigenvalue weighted by molar-refractivity contribution is 0.130. The van der Waals surface area contributed by atoms with E-state index in [4.69, 9.17) is 16.3 Å². The summed E-state index contributed by atoms with van der Waals surface area (Å²) in [6, 6.07) is 17.4. The molecule has 0 unspecified atom stereocenters. The Morgan fingerprint density at radius 1 is 0.947 bits per heavy atom. The maximum atomic E-state index is 5.84. The van der Waals surface area contributed by atoms with Crippen molar-refractivity contribution in [2.75, 3.05) is 0 Å². The predicted molar refractivity (Wildman–Crippen MR) is 76.3 cm³/mol. The van der Waals surface area contributed by atoms with Crippen molar-refractivity contribution in [3.8, 4) is 0 Å². The van der Waals surface area contributed by atoms with Crippen LogP contribution >= 0.6 is 0 Å². The molecule has 98 valence electrons. The van der Waals surface area contributed by atoms with Gasteiger partial charge in [-0.05, 0) is 11.1 Å². The predicted octanol–water partition coefficient (Wildman–Crippen LogP) is 1.98. The Balaban J connectivity index is 1.94. The van der Waals surface area contributed by atoms with Gasteiger partial charge >= 0.3 is 0 Å². The van der Waals surface area contributed by atoms with Gasteiger partial charge in [0, 0.05) is 12.1 Å². The largest absolute Gasteiger partial charge is 0.389 e. The highest BCUT2D eigenvalue weighted by Gasteiger charge is 1.99. The van der Waals surface area contributed by atoms with E-state index in [1.165, 1.54) is 0 Å². The van der Waals surface area contributed by atoms with Crippen LogP contribution in [0.3, 0.4) is 0 Å². The Bertz CT molecular complexity index is 535. The molecule has 4 heteroatoms.